The summed E-state index contributed by atoms with van der Waals surface area (Å²) in [6, 6.07) is 3.33. The van der Waals surface area contributed by atoms with Crippen LogP contribution in [0.5, 0.6) is 0 Å². The summed E-state index contributed by atoms with van der Waals surface area (Å²) in [5.41, 5.74) is 5.89. The molecule has 3 amide bonds. The van der Waals surface area contributed by atoms with Gasteiger partial charge >= 0.3 is 0 Å². The number of imide groups is 1. The van der Waals surface area contributed by atoms with Crippen molar-refractivity contribution in [1.29, 1.82) is 0 Å². The van der Waals surface area contributed by atoms with Gasteiger partial charge in [-0.2, -0.15) is 11.8 Å². The second kappa shape index (κ2) is 11.4. The number of non-ortho nitro benzene ring substituents is 1. The second-order valence-electron chi connectivity index (χ2n) is 6.67. The quantitative estimate of drug-likeness (QED) is 0.322. The topological polar surface area (TPSA) is 136 Å². The van der Waals surface area contributed by atoms with Gasteiger partial charge in [-0.1, -0.05) is 13.8 Å². The highest BCUT2D eigenvalue weighted by molar-refractivity contribution is 7.98. The van der Waals surface area contributed by atoms with Crippen molar-refractivity contribution in [3.05, 3.63) is 34.4 Å². The van der Waals surface area contributed by atoms with Crippen molar-refractivity contribution >= 4 is 41.4 Å². The van der Waals surface area contributed by atoms with Crippen LogP contribution < -0.4 is 16.0 Å². The molecule has 0 heterocycles. The van der Waals surface area contributed by atoms with Crippen LogP contribution in [0.25, 0.3) is 0 Å². The number of benzene rings is 1. The first kappa shape index (κ1) is 23.6. The number of carbonyl (C=O) groups excluding carboxylic acids is 3. The van der Waals surface area contributed by atoms with Crippen LogP contribution in [0.2, 0.25) is 0 Å². The van der Waals surface area contributed by atoms with Crippen molar-refractivity contribution in [2.24, 2.45) is 11.7 Å². The molecule has 1 aromatic carbocycles. The number of anilines is 1. The molecule has 0 fully saturated rings. The predicted molar refractivity (Wildman–Crippen MR) is 109 cm³/mol. The Hall–Kier alpha value is -2.46. The molecule has 0 saturated heterocycles. The molecule has 3 N–H and O–H groups in total. The van der Waals surface area contributed by atoms with Gasteiger partial charge in [-0.05, 0) is 42.9 Å². The average Bonchev–Trinajstić information content (AvgIpc) is 2.65. The van der Waals surface area contributed by atoms with Crippen LogP contribution in [0.1, 0.15) is 26.7 Å². The molecule has 28 heavy (non-hydrogen) atoms. The zero-order valence-corrected chi connectivity index (χ0v) is 17.0. The third kappa shape index (κ3) is 6.93. The van der Waals surface area contributed by atoms with Crippen molar-refractivity contribution in [1.82, 2.24) is 5.32 Å². The maximum absolute atomic E-state index is 12.9. The average molecular weight is 410 g/mol. The number of hydrogen-bond acceptors (Lipinski definition) is 7. The van der Waals surface area contributed by atoms with E-state index in [4.69, 9.17) is 5.73 Å². The van der Waals surface area contributed by atoms with Gasteiger partial charge in [-0.15, -0.1) is 0 Å². The Kier molecular flexibility index (Phi) is 9.60. The van der Waals surface area contributed by atoms with Crippen LogP contribution in [0.15, 0.2) is 24.3 Å². The lowest BCUT2D eigenvalue weighted by molar-refractivity contribution is -0.384. The highest BCUT2D eigenvalue weighted by atomic mass is 32.2. The molecule has 2 unspecified atom stereocenters. The molecule has 1 aromatic rings. The Balaban J connectivity index is 3.00. The summed E-state index contributed by atoms with van der Waals surface area (Å²) in [5.74, 6) is -0.298. The molecule has 0 bridgehead atoms. The van der Waals surface area contributed by atoms with Crippen molar-refractivity contribution in [3.8, 4) is 0 Å². The van der Waals surface area contributed by atoms with Crippen molar-refractivity contribution in [3.63, 3.8) is 0 Å². The van der Waals surface area contributed by atoms with E-state index in [1.165, 1.54) is 24.3 Å². The summed E-state index contributed by atoms with van der Waals surface area (Å²) in [7, 11) is 0. The Labute approximate surface area is 168 Å². The van der Waals surface area contributed by atoms with E-state index in [2.05, 4.69) is 5.32 Å². The zero-order chi connectivity index (χ0) is 21.3. The summed E-state index contributed by atoms with van der Waals surface area (Å²) in [4.78, 5) is 47.8. The molecule has 154 valence electrons. The number of nitrogens with two attached hydrogens (primary N) is 1. The van der Waals surface area contributed by atoms with Gasteiger partial charge in [0.15, 0.2) is 0 Å². The van der Waals surface area contributed by atoms with Crippen LogP contribution in [-0.4, -0.2) is 47.2 Å². The molecular weight excluding hydrogens is 384 g/mol. The second-order valence-corrected chi connectivity index (χ2v) is 7.65. The van der Waals surface area contributed by atoms with E-state index in [1.807, 2.05) is 20.1 Å². The molecule has 10 heteroatoms. The van der Waals surface area contributed by atoms with Crippen LogP contribution in [0.3, 0.4) is 0 Å². The first-order chi connectivity index (χ1) is 13.2. The maximum Gasteiger partial charge on any atom is 0.269 e. The molecule has 0 aliphatic heterocycles. The minimum atomic E-state index is -0.937. The molecule has 0 aliphatic carbocycles. The van der Waals surface area contributed by atoms with E-state index in [1.54, 1.807) is 11.8 Å². The number of carbonyl (C=O) groups is 3. The third-order valence-electron chi connectivity index (χ3n) is 3.97. The summed E-state index contributed by atoms with van der Waals surface area (Å²) >= 11 is 1.56. The highest BCUT2D eigenvalue weighted by Gasteiger charge is 2.29. The van der Waals surface area contributed by atoms with Gasteiger partial charge in [-0.25, -0.2) is 0 Å². The van der Waals surface area contributed by atoms with E-state index < -0.39 is 28.8 Å². The fourth-order valence-corrected chi connectivity index (χ4v) is 2.98. The molecule has 2 atom stereocenters. The Morgan fingerprint density at radius 2 is 1.93 bits per heavy atom. The summed E-state index contributed by atoms with van der Waals surface area (Å²) in [6.45, 7) is 3.77. The smallest absolute Gasteiger partial charge is 0.269 e. The Bertz CT molecular complexity index is 696. The number of nitro benzene ring substituents is 1. The van der Waals surface area contributed by atoms with Gasteiger partial charge in [0.1, 0.15) is 6.04 Å². The fraction of sp³-hybridized carbons (Fsp3) is 0.500. The van der Waals surface area contributed by atoms with Crippen molar-refractivity contribution in [2.75, 3.05) is 16.9 Å². The first-order valence-corrected chi connectivity index (χ1v) is 10.2. The van der Waals surface area contributed by atoms with Crippen LogP contribution in [-0.2, 0) is 14.4 Å². The van der Waals surface area contributed by atoms with Crippen molar-refractivity contribution in [2.45, 2.75) is 38.8 Å². The molecule has 0 aromatic heterocycles. The number of hydrogen-bond donors (Lipinski definition) is 2. The Morgan fingerprint density at radius 3 is 2.39 bits per heavy atom. The molecule has 0 radical (unpaired) electrons. The molecule has 0 saturated carbocycles. The number of nitro groups is 1. The van der Waals surface area contributed by atoms with Gasteiger partial charge < -0.3 is 11.1 Å². The predicted octanol–water partition coefficient (Wildman–Crippen LogP) is 1.70. The van der Waals surface area contributed by atoms with Crippen LogP contribution >= 0.6 is 11.8 Å². The molecule has 9 nitrogen and oxygen atoms in total. The molecule has 1 rings (SSSR count). The monoisotopic (exact) mass is 410 g/mol. The molecule has 0 aliphatic rings. The van der Waals surface area contributed by atoms with E-state index in [-0.39, 0.29) is 17.3 Å². The van der Waals surface area contributed by atoms with Crippen molar-refractivity contribution < 1.29 is 19.3 Å². The number of thioether (sulfide) groups is 1. The van der Waals surface area contributed by atoms with Gasteiger partial charge in [0.05, 0.1) is 16.7 Å². The fourth-order valence-electron chi connectivity index (χ4n) is 2.49. The van der Waals surface area contributed by atoms with Gasteiger partial charge in [0, 0.05) is 12.1 Å². The number of nitrogens with one attached hydrogen (secondary N) is 1. The first-order valence-electron chi connectivity index (χ1n) is 8.79. The van der Waals surface area contributed by atoms with E-state index >= 15 is 0 Å². The minimum Gasteiger partial charge on any atom is -0.343 e. The Morgan fingerprint density at radius 1 is 1.32 bits per heavy atom. The largest absolute Gasteiger partial charge is 0.343 e. The van der Waals surface area contributed by atoms with Crippen LogP contribution in [0, 0.1) is 16.0 Å². The lowest BCUT2D eigenvalue weighted by Gasteiger charge is -2.26. The third-order valence-corrected chi connectivity index (χ3v) is 4.62. The zero-order valence-electron chi connectivity index (χ0n) is 16.2. The van der Waals surface area contributed by atoms with Crippen LogP contribution in [0.4, 0.5) is 11.4 Å². The number of amides is 3. The minimum absolute atomic E-state index is 0.0713. The number of nitrogens with zero attached hydrogens (tertiary/aromatic N) is 2. The normalized spacial score (nSPS) is 12.9. The van der Waals surface area contributed by atoms with E-state index in [9.17, 15) is 24.5 Å². The molecular formula is C18H26N4O5S. The highest BCUT2D eigenvalue weighted by Crippen LogP contribution is 2.20. The summed E-state index contributed by atoms with van der Waals surface area (Å²) in [5, 5.41) is 13.4. The van der Waals surface area contributed by atoms with Gasteiger partial charge in [0.25, 0.3) is 11.6 Å². The van der Waals surface area contributed by atoms with Gasteiger partial charge in [-0.3, -0.25) is 29.4 Å². The lowest BCUT2D eigenvalue weighted by Crippen LogP contribution is -2.53. The maximum atomic E-state index is 12.9. The summed E-state index contributed by atoms with van der Waals surface area (Å²) < 4.78 is 0. The van der Waals surface area contributed by atoms with E-state index in [0.29, 0.717) is 25.0 Å². The molecule has 0 spiro atoms. The number of rotatable bonds is 11. The summed E-state index contributed by atoms with van der Waals surface area (Å²) in [6.07, 6.45) is 3.02. The SMILES string of the molecule is CSCCC(N)C(=O)NC(CC(C)C)C(=O)N(C=O)c1ccc([N+](=O)[O-])cc1. The standard InChI is InChI=1S/C18H26N4O5S/c1-12(2)10-16(20-17(24)15(19)8-9-28-3)18(25)21(11-23)13-4-6-14(7-5-13)22(26)27/h4-7,11-12,15-16H,8-10,19H2,1-3H3,(H,20,24). The van der Waals surface area contributed by atoms with E-state index in [0.717, 1.165) is 4.90 Å². The van der Waals surface area contributed by atoms with Gasteiger partial charge in [0.2, 0.25) is 12.3 Å². The lowest BCUT2D eigenvalue weighted by atomic mass is 10.0.